The molecule has 1 aliphatic carbocycles. The zero-order valence-electron chi connectivity index (χ0n) is 21.1. The van der Waals surface area contributed by atoms with E-state index in [0.29, 0.717) is 55.3 Å². The molecule has 1 amide bonds. The van der Waals surface area contributed by atoms with Gasteiger partial charge in [0.1, 0.15) is 11.6 Å². The maximum Gasteiger partial charge on any atom is 0.252 e. The summed E-state index contributed by atoms with van der Waals surface area (Å²) in [6.07, 6.45) is 3.95. The summed E-state index contributed by atoms with van der Waals surface area (Å²) in [6.45, 7) is 10.3. The van der Waals surface area contributed by atoms with Crippen molar-refractivity contribution in [3.05, 3.63) is 70.7 Å². The molecule has 1 aliphatic heterocycles. The van der Waals surface area contributed by atoms with Crippen molar-refractivity contribution in [1.82, 2.24) is 9.80 Å². The molecule has 1 aromatic rings. The molecule has 1 heterocycles. The van der Waals surface area contributed by atoms with E-state index in [2.05, 4.69) is 16.8 Å². The Morgan fingerprint density at radius 1 is 1.29 bits per heavy atom. The minimum atomic E-state index is -0.433. The van der Waals surface area contributed by atoms with Gasteiger partial charge < -0.3 is 24.6 Å². The van der Waals surface area contributed by atoms with Gasteiger partial charge in [-0.1, -0.05) is 6.58 Å². The van der Waals surface area contributed by atoms with Crippen LogP contribution in [0.15, 0.2) is 64.9 Å². The van der Waals surface area contributed by atoms with E-state index in [1.807, 2.05) is 6.92 Å². The molecule has 1 atom stereocenters. The molecule has 8 heteroatoms. The van der Waals surface area contributed by atoms with Crippen molar-refractivity contribution in [1.29, 1.82) is 0 Å². The average molecular weight is 484 g/mol. The number of rotatable bonds is 8. The molecule has 2 aliphatic rings. The third kappa shape index (κ3) is 6.39. The van der Waals surface area contributed by atoms with Crippen molar-refractivity contribution >= 4 is 17.4 Å². The number of carbonyl (C=O) groups is 2. The van der Waals surface area contributed by atoms with Crippen LogP contribution >= 0.6 is 0 Å². The molecule has 35 heavy (non-hydrogen) atoms. The number of benzene rings is 1. The van der Waals surface area contributed by atoms with Gasteiger partial charge in [-0.05, 0) is 37.1 Å². The second kappa shape index (κ2) is 11.4. The van der Waals surface area contributed by atoms with Crippen LogP contribution in [0.5, 0.6) is 5.75 Å². The first-order chi connectivity index (χ1) is 16.6. The second-order valence-electron chi connectivity index (χ2n) is 8.95. The Hall–Kier alpha value is -3.39. The van der Waals surface area contributed by atoms with Crippen molar-refractivity contribution in [2.45, 2.75) is 26.3 Å². The van der Waals surface area contributed by atoms with Gasteiger partial charge in [0.25, 0.3) is 5.91 Å². The van der Waals surface area contributed by atoms with Gasteiger partial charge in [0, 0.05) is 80.4 Å². The highest BCUT2D eigenvalue weighted by Crippen LogP contribution is 2.34. The number of ketones is 1. The second-order valence-corrected chi connectivity index (χ2v) is 8.95. The zero-order valence-corrected chi connectivity index (χ0v) is 21.1. The molecule has 7 nitrogen and oxygen atoms in total. The number of hydrogen-bond acceptors (Lipinski definition) is 6. The number of hydrogen-bond donors (Lipinski definition) is 1. The lowest BCUT2D eigenvalue weighted by atomic mass is 9.85. The molecule has 0 saturated carbocycles. The van der Waals surface area contributed by atoms with Gasteiger partial charge in [-0.25, -0.2) is 4.39 Å². The fourth-order valence-corrected chi connectivity index (χ4v) is 4.25. The summed E-state index contributed by atoms with van der Waals surface area (Å²) >= 11 is 0. The van der Waals surface area contributed by atoms with Crippen LogP contribution in [-0.4, -0.2) is 75.0 Å². The molecule has 1 fully saturated rings. The van der Waals surface area contributed by atoms with Crippen molar-refractivity contribution < 1.29 is 23.5 Å². The summed E-state index contributed by atoms with van der Waals surface area (Å²) in [4.78, 5) is 29.2. The Balaban J connectivity index is 2.00. The standard InChI is InChI=1S/C27H34FN3O4/c1-17(27(33)30(4)5)11-25(19(3)29-21-12-20(28)13-23(14-21)34-6)24-15-22(16-26(32)18(24)2)31-7-9-35-10-8-31/h11-14,16,19,29H,1,7-10,15H2,2-6H3/b25-11-. The lowest BCUT2D eigenvalue weighted by molar-refractivity contribution is -0.124. The molecular formula is C27H34FN3O4. The van der Waals surface area contributed by atoms with E-state index >= 15 is 0 Å². The molecule has 1 aromatic carbocycles. The highest BCUT2D eigenvalue weighted by atomic mass is 19.1. The summed E-state index contributed by atoms with van der Waals surface area (Å²) in [5.41, 5.74) is 3.94. The minimum Gasteiger partial charge on any atom is -0.497 e. The van der Waals surface area contributed by atoms with Crippen molar-refractivity contribution in [2.75, 3.05) is 52.8 Å². The van der Waals surface area contributed by atoms with Gasteiger partial charge in [-0.15, -0.1) is 0 Å². The molecule has 1 unspecified atom stereocenters. The topological polar surface area (TPSA) is 71.1 Å². The quantitative estimate of drug-likeness (QED) is 0.449. The largest absolute Gasteiger partial charge is 0.497 e. The summed E-state index contributed by atoms with van der Waals surface area (Å²) in [7, 11) is 4.80. The van der Waals surface area contributed by atoms with Gasteiger partial charge in [-0.3, -0.25) is 9.59 Å². The van der Waals surface area contributed by atoms with Crippen LogP contribution in [0.25, 0.3) is 0 Å². The van der Waals surface area contributed by atoms with Crippen molar-refractivity contribution in [3.8, 4) is 5.75 Å². The number of likely N-dealkylation sites (N-methyl/N-ethyl adjacent to an activating group) is 1. The number of ether oxygens (including phenoxy) is 2. The number of nitrogens with zero attached hydrogens (tertiary/aromatic N) is 2. The van der Waals surface area contributed by atoms with Crippen LogP contribution in [0.4, 0.5) is 10.1 Å². The molecule has 188 valence electrons. The SMILES string of the molecule is C=C(/C=C(\C1=C(C)C(=O)C=C(N2CCOCC2)C1)C(C)Nc1cc(F)cc(OC)c1)C(=O)N(C)C. The Labute approximate surface area is 206 Å². The Bertz CT molecular complexity index is 1100. The van der Waals surface area contributed by atoms with Crippen LogP contribution in [0.3, 0.4) is 0 Å². The predicted octanol–water partition coefficient (Wildman–Crippen LogP) is 3.71. The molecule has 0 spiro atoms. The molecule has 1 saturated heterocycles. The number of anilines is 1. The van der Waals surface area contributed by atoms with Gasteiger partial charge in [0.2, 0.25) is 0 Å². The number of methoxy groups -OCH3 is 1. The van der Waals surface area contributed by atoms with Crippen LogP contribution in [0, 0.1) is 5.82 Å². The monoisotopic (exact) mass is 483 g/mol. The van der Waals surface area contributed by atoms with Crippen LogP contribution < -0.4 is 10.1 Å². The fraction of sp³-hybridized carbons (Fsp3) is 0.407. The molecular weight excluding hydrogens is 449 g/mol. The summed E-state index contributed by atoms with van der Waals surface area (Å²) in [5.74, 6) is -0.343. The average Bonchev–Trinajstić information content (AvgIpc) is 2.83. The number of morpholine rings is 1. The minimum absolute atomic E-state index is 0.0668. The maximum absolute atomic E-state index is 14.1. The maximum atomic E-state index is 14.1. The van der Waals surface area contributed by atoms with E-state index in [0.717, 1.165) is 16.8 Å². The van der Waals surface area contributed by atoms with Crippen LogP contribution in [-0.2, 0) is 14.3 Å². The number of amides is 1. The number of carbonyl (C=O) groups excluding carboxylic acids is 2. The van der Waals surface area contributed by atoms with Crippen LogP contribution in [0.1, 0.15) is 20.3 Å². The number of nitrogens with one attached hydrogen (secondary N) is 1. The molecule has 0 aromatic heterocycles. The third-order valence-electron chi connectivity index (χ3n) is 6.21. The Morgan fingerprint density at radius 3 is 2.60 bits per heavy atom. The highest BCUT2D eigenvalue weighted by Gasteiger charge is 2.27. The summed E-state index contributed by atoms with van der Waals surface area (Å²) in [5, 5.41) is 3.31. The number of allylic oxidation sites excluding steroid dienone is 3. The summed E-state index contributed by atoms with van der Waals surface area (Å²) in [6, 6.07) is 4.01. The fourth-order valence-electron chi connectivity index (χ4n) is 4.25. The van der Waals surface area contributed by atoms with E-state index < -0.39 is 5.82 Å². The molecule has 0 radical (unpaired) electrons. The first-order valence-electron chi connectivity index (χ1n) is 11.6. The van der Waals surface area contributed by atoms with Crippen molar-refractivity contribution in [3.63, 3.8) is 0 Å². The van der Waals surface area contributed by atoms with E-state index in [4.69, 9.17) is 9.47 Å². The molecule has 3 rings (SSSR count). The lowest BCUT2D eigenvalue weighted by Gasteiger charge is -2.34. The van der Waals surface area contributed by atoms with E-state index in [1.165, 1.54) is 24.1 Å². The highest BCUT2D eigenvalue weighted by molar-refractivity contribution is 6.06. The smallest absolute Gasteiger partial charge is 0.252 e. The van der Waals surface area contributed by atoms with E-state index in [1.54, 1.807) is 39.2 Å². The van der Waals surface area contributed by atoms with Gasteiger partial charge >= 0.3 is 0 Å². The molecule has 0 bridgehead atoms. The Morgan fingerprint density at radius 2 is 1.97 bits per heavy atom. The van der Waals surface area contributed by atoms with Crippen molar-refractivity contribution in [2.24, 2.45) is 0 Å². The van der Waals surface area contributed by atoms with Gasteiger partial charge in [0.15, 0.2) is 5.78 Å². The zero-order chi connectivity index (χ0) is 25.7. The predicted molar refractivity (Wildman–Crippen MR) is 135 cm³/mol. The normalized spacial score (nSPS) is 17.7. The van der Waals surface area contributed by atoms with Crippen LogP contribution in [0.2, 0.25) is 0 Å². The number of halogens is 1. The lowest BCUT2D eigenvalue weighted by Crippen LogP contribution is -2.37. The summed E-state index contributed by atoms with van der Waals surface area (Å²) < 4.78 is 24.8. The first-order valence-corrected chi connectivity index (χ1v) is 11.6. The Kier molecular flexibility index (Phi) is 8.51. The van der Waals surface area contributed by atoms with E-state index in [-0.39, 0.29) is 17.7 Å². The van der Waals surface area contributed by atoms with Gasteiger partial charge in [-0.2, -0.15) is 0 Å². The van der Waals surface area contributed by atoms with Gasteiger partial charge in [0.05, 0.1) is 20.3 Å². The first kappa shape index (κ1) is 26.2. The third-order valence-corrected chi connectivity index (χ3v) is 6.21. The van der Waals surface area contributed by atoms with E-state index in [9.17, 15) is 14.0 Å². The molecule has 1 N–H and O–H groups in total.